The molecule has 0 aliphatic carbocycles. The molecule has 1 aliphatic rings. The molecule has 25 heavy (non-hydrogen) atoms. The summed E-state index contributed by atoms with van der Waals surface area (Å²) in [6.45, 7) is 0.941. The quantitative estimate of drug-likeness (QED) is 0.756. The van der Waals surface area contributed by atoms with E-state index in [1.807, 2.05) is 36.4 Å². The first-order valence-corrected chi connectivity index (χ1v) is 8.23. The van der Waals surface area contributed by atoms with Gasteiger partial charge in [-0.2, -0.15) is 0 Å². The van der Waals surface area contributed by atoms with Crippen LogP contribution < -0.4 is 10.3 Å². The molecule has 1 aromatic heterocycles. The Balaban J connectivity index is 1.50. The summed E-state index contributed by atoms with van der Waals surface area (Å²) < 4.78 is 0. The van der Waals surface area contributed by atoms with E-state index in [1.165, 1.54) is 5.01 Å². The van der Waals surface area contributed by atoms with Gasteiger partial charge >= 0.3 is 6.03 Å². The van der Waals surface area contributed by atoms with Crippen LogP contribution in [0.25, 0.3) is 10.9 Å². The second-order valence-corrected chi connectivity index (χ2v) is 6.21. The minimum Gasteiger partial charge on any atom is -0.350 e. The Labute approximate surface area is 148 Å². The van der Waals surface area contributed by atoms with Crippen LogP contribution in [0.1, 0.15) is 10.5 Å². The highest BCUT2D eigenvalue weighted by atomic mass is 35.5. The van der Waals surface area contributed by atoms with Gasteiger partial charge in [0.05, 0.1) is 6.54 Å². The number of para-hydroxylation sites is 1. The van der Waals surface area contributed by atoms with Crippen LogP contribution in [0.15, 0.2) is 54.6 Å². The zero-order chi connectivity index (χ0) is 17.4. The number of carbonyl (C=O) groups is 2. The third-order valence-electron chi connectivity index (χ3n) is 4.14. The van der Waals surface area contributed by atoms with Crippen LogP contribution in [0.5, 0.6) is 0 Å². The molecule has 0 saturated carbocycles. The average molecular weight is 355 g/mol. The van der Waals surface area contributed by atoms with Crippen molar-refractivity contribution in [1.29, 1.82) is 0 Å². The molecule has 3 aromatic rings. The molecule has 1 fully saturated rings. The molecule has 0 bridgehead atoms. The molecule has 2 heterocycles. The number of fused-ring (bicyclic) bond motifs is 1. The molecule has 1 aliphatic heterocycles. The van der Waals surface area contributed by atoms with Gasteiger partial charge < -0.3 is 4.98 Å². The highest BCUT2D eigenvalue weighted by molar-refractivity contribution is 6.31. The monoisotopic (exact) mass is 354 g/mol. The van der Waals surface area contributed by atoms with Gasteiger partial charge in [0.1, 0.15) is 5.69 Å². The fourth-order valence-electron chi connectivity index (χ4n) is 2.90. The molecule has 0 radical (unpaired) electrons. The largest absolute Gasteiger partial charge is 0.350 e. The number of halogens is 1. The van der Waals surface area contributed by atoms with Gasteiger partial charge in [-0.25, -0.2) is 9.80 Å². The van der Waals surface area contributed by atoms with Gasteiger partial charge in [-0.15, -0.1) is 0 Å². The number of carbonyl (C=O) groups excluding carboxylic acids is 2. The number of anilines is 1. The number of amides is 3. The van der Waals surface area contributed by atoms with Crippen molar-refractivity contribution in [3.8, 4) is 0 Å². The fraction of sp³-hybridized carbons (Fsp3) is 0.111. The zero-order valence-electron chi connectivity index (χ0n) is 13.2. The van der Waals surface area contributed by atoms with E-state index < -0.39 is 0 Å². The van der Waals surface area contributed by atoms with Crippen molar-refractivity contribution in [2.24, 2.45) is 0 Å². The van der Waals surface area contributed by atoms with Gasteiger partial charge in [0.15, 0.2) is 0 Å². The highest BCUT2D eigenvalue weighted by Crippen LogP contribution is 2.21. The Kier molecular flexibility index (Phi) is 3.82. The van der Waals surface area contributed by atoms with E-state index >= 15 is 0 Å². The zero-order valence-corrected chi connectivity index (χ0v) is 14.0. The van der Waals surface area contributed by atoms with Crippen LogP contribution in [-0.4, -0.2) is 35.0 Å². The van der Waals surface area contributed by atoms with Crippen LogP contribution in [0.4, 0.5) is 10.5 Å². The van der Waals surface area contributed by atoms with E-state index in [2.05, 4.69) is 10.4 Å². The summed E-state index contributed by atoms with van der Waals surface area (Å²) in [5.74, 6) is -0.365. The van der Waals surface area contributed by atoms with Gasteiger partial charge in [0, 0.05) is 28.2 Å². The van der Waals surface area contributed by atoms with Gasteiger partial charge in [-0.05, 0) is 36.4 Å². The second-order valence-electron chi connectivity index (χ2n) is 5.78. The summed E-state index contributed by atoms with van der Waals surface area (Å²) in [4.78, 5) is 29.6. The molecule has 7 heteroatoms. The maximum atomic E-state index is 12.5. The van der Waals surface area contributed by atoms with E-state index in [1.54, 1.807) is 23.1 Å². The Morgan fingerprint density at radius 1 is 1.08 bits per heavy atom. The Bertz CT molecular complexity index is 954. The Morgan fingerprint density at radius 2 is 1.88 bits per heavy atom. The minimum absolute atomic E-state index is 0.251. The average Bonchev–Trinajstić information content (AvgIpc) is 3.19. The normalized spacial score (nSPS) is 14.4. The van der Waals surface area contributed by atoms with Gasteiger partial charge in [-0.3, -0.25) is 15.1 Å². The Morgan fingerprint density at radius 3 is 2.68 bits per heavy atom. The van der Waals surface area contributed by atoms with Gasteiger partial charge in [0.2, 0.25) is 0 Å². The van der Waals surface area contributed by atoms with Gasteiger partial charge in [-0.1, -0.05) is 29.8 Å². The van der Waals surface area contributed by atoms with E-state index in [0.29, 0.717) is 23.8 Å². The smallest absolute Gasteiger partial charge is 0.343 e. The molecule has 0 unspecified atom stereocenters. The number of aromatic amines is 1. The lowest BCUT2D eigenvalue weighted by atomic mass is 10.2. The predicted octanol–water partition coefficient (Wildman–Crippen LogP) is 3.41. The molecular weight excluding hydrogens is 340 g/mol. The number of aromatic nitrogens is 1. The number of benzene rings is 2. The molecule has 6 nitrogen and oxygen atoms in total. The molecule has 2 N–H and O–H groups in total. The number of hydrogen-bond donors (Lipinski definition) is 2. The van der Waals surface area contributed by atoms with Crippen molar-refractivity contribution >= 4 is 40.1 Å². The number of H-pyrrole nitrogens is 1. The van der Waals surface area contributed by atoms with Crippen molar-refractivity contribution in [2.75, 3.05) is 18.0 Å². The summed E-state index contributed by atoms with van der Waals surface area (Å²) >= 11 is 5.97. The lowest BCUT2D eigenvalue weighted by molar-refractivity contribution is 0.0849. The topological polar surface area (TPSA) is 68.4 Å². The summed E-state index contributed by atoms with van der Waals surface area (Å²) in [5.41, 5.74) is 4.66. The maximum Gasteiger partial charge on any atom is 0.343 e. The second kappa shape index (κ2) is 6.14. The third-order valence-corrected chi connectivity index (χ3v) is 4.38. The SMILES string of the molecule is O=C(NN1CCN(c2ccccc2)C1=O)c1cc2cc(Cl)ccc2[nH]1. The summed E-state index contributed by atoms with van der Waals surface area (Å²) in [7, 11) is 0. The molecule has 0 spiro atoms. The van der Waals surface area contributed by atoms with Crippen LogP contribution >= 0.6 is 11.6 Å². The number of nitrogens with one attached hydrogen (secondary N) is 2. The number of hydrogen-bond acceptors (Lipinski definition) is 2. The maximum absolute atomic E-state index is 12.5. The van der Waals surface area contributed by atoms with Crippen LogP contribution in [0.2, 0.25) is 5.02 Å². The van der Waals surface area contributed by atoms with Crippen LogP contribution in [-0.2, 0) is 0 Å². The standard InChI is InChI=1S/C18H15ClN4O2/c19-13-6-7-15-12(10-13)11-16(20-15)17(24)21-23-9-8-22(18(23)25)14-4-2-1-3-5-14/h1-7,10-11,20H,8-9H2,(H,21,24). The van der Waals surface area contributed by atoms with E-state index in [4.69, 9.17) is 11.6 Å². The number of rotatable bonds is 3. The number of hydrazine groups is 1. The first-order chi connectivity index (χ1) is 12.1. The minimum atomic E-state index is -0.365. The molecule has 1 saturated heterocycles. The molecule has 126 valence electrons. The lowest BCUT2D eigenvalue weighted by Gasteiger charge is -2.18. The molecule has 0 atom stereocenters. The number of urea groups is 1. The third kappa shape index (κ3) is 2.92. The van der Waals surface area contributed by atoms with Crippen molar-refractivity contribution in [3.05, 3.63) is 65.3 Å². The molecule has 2 aromatic carbocycles. The summed E-state index contributed by atoms with van der Waals surface area (Å²) in [5, 5.41) is 2.77. The Hall–Kier alpha value is -2.99. The van der Waals surface area contributed by atoms with E-state index in [9.17, 15) is 9.59 Å². The molecular formula is C18H15ClN4O2. The van der Waals surface area contributed by atoms with Crippen molar-refractivity contribution in [2.45, 2.75) is 0 Å². The molecule has 4 rings (SSSR count). The highest BCUT2D eigenvalue weighted by Gasteiger charge is 2.31. The van der Waals surface area contributed by atoms with Crippen molar-refractivity contribution in [1.82, 2.24) is 15.4 Å². The fourth-order valence-corrected chi connectivity index (χ4v) is 3.08. The number of nitrogens with zero attached hydrogens (tertiary/aromatic N) is 2. The summed E-state index contributed by atoms with van der Waals surface area (Å²) in [6.07, 6.45) is 0. The molecule has 3 amide bonds. The van der Waals surface area contributed by atoms with Crippen LogP contribution in [0, 0.1) is 0 Å². The predicted molar refractivity (Wildman–Crippen MR) is 96.7 cm³/mol. The van der Waals surface area contributed by atoms with Crippen LogP contribution in [0.3, 0.4) is 0 Å². The van der Waals surface area contributed by atoms with Crippen molar-refractivity contribution < 1.29 is 9.59 Å². The first kappa shape index (κ1) is 15.5. The van der Waals surface area contributed by atoms with Crippen molar-refractivity contribution in [3.63, 3.8) is 0 Å². The first-order valence-electron chi connectivity index (χ1n) is 7.85. The van der Waals surface area contributed by atoms with Gasteiger partial charge in [0.25, 0.3) is 5.91 Å². The summed E-state index contributed by atoms with van der Waals surface area (Å²) in [6, 6.07) is 16.2. The van der Waals surface area contributed by atoms with E-state index in [-0.39, 0.29) is 11.9 Å². The van der Waals surface area contributed by atoms with E-state index in [0.717, 1.165) is 16.6 Å². The lowest BCUT2D eigenvalue weighted by Crippen LogP contribution is -2.45.